The number of hydrogen-bond acceptors (Lipinski definition) is 5. The Hall–Kier alpha value is -2.71. The molecule has 0 radical (unpaired) electrons. The lowest BCUT2D eigenvalue weighted by atomic mass is 9.92. The Morgan fingerprint density at radius 1 is 1.24 bits per heavy atom. The zero-order chi connectivity index (χ0) is 20.6. The first kappa shape index (κ1) is 19.6. The van der Waals surface area contributed by atoms with E-state index >= 15 is 0 Å². The van der Waals surface area contributed by atoms with Crippen LogP contribution in [0.25, 0.3) is 21.1 Å². The number of nitrogens with zero attached hydrogens (tertiary/aromatic N) is 1. The number of carbonyl (C=O) groups excluding carboxylic acids is 1. The Balaban J connectivity index is 1.52. The number of benzene rings is 2. The van der Waals surface area contributed by atoms with Gasteiger partial charge in [0.2, 0.25) is 5.91 Å². The lowest BCUT2D eigenvalue weighted by molar-refractivity contribution is -0.116. The van der Waals surface area contributed by atoms with Gasteiger partial charge in [0.05, 0.1) is 15.1 Å². The van der Waals surface area contributed by atoms with E-state index < -0.39 is 9.84 Å². The van der Waals surface area contributed by atoms with Crippen molar-refractivity contribution in [2.75, 3.05) is 11.6 Å². The standard InChI is InChI=1S/C21H21N3O3S2/c1-3-13(16-12-22-17-7-5-4-6-15(16)17)10-20(25)24-21-23-18-11-14(29(2,26)27)8-9-19(18)28-21/h4-9,11-13,22H,3,10H2,1-2H3,(H,23,24,25). The van der Waals surface area contributed by atoms with E-state index in [0.29, 0.717) is 17.1 Å². The SMILES string of the molecule is CCC(CC(=O)Nc1nc2cc(S(C)(=O)=O)ccc2s1)c1c[nH]c2ccccc12. The van der Waals surface area contributed by atoms with Gasteiger partial charge in [-0.1, -0.05) is 36.5 Å². The molecule has 8 heteroatoms. The fourth-order valence-corrected chi connectivity index (χ4v) is 4.99. The molecule has 6 nitrogen and oxygen atoms in total. The molecule has 2 aromatic carbocycles. The number of anilines is 1. The van der Waals surface area contributed by atoms with Crippen LogP contribution in [0.2, 0.25) is 0 Å². The molecule has 0 bridgehead atoms. The molecule has 2 aromatic heterocycles. The molecule has 0 aliphatic rings. The lowest BCUT2D eigenvalue weighted by Crippen LogP contribution is -2.15. The molecule has 0 aliphatic carbocycles. The molecular weight excluding hydrogens is 406 g/mol. The van der Waals surface area contributed by atoms with Crippen molar-refractivity contribution < 1.29 is 13.2 Å². The normalized spacial score (nSPS) is 13.0. The highest BCUT2D eigenvalue weighted by Crippen LogP contribution is 2.32. The van der Waals surface area contributed by atoms with Crippen molar-refractivity contribution in [2.45, 2.75) is 30.6 Å². The van der Waals surface area contributed by atoms with Crippen LogP contribution >= 0.6 is 11.3 Å². The summed E-state index contributed by atoms with van der Waals surface area (Å²) in [6.07, 6.45) is 4.34. The predicted octanol–water partition coefficient (Wildman–Crippen LogP) is 4.70. The van der Waals surface area contributed by atoms with Crippen molar-refractivity contribution in [2.24, 2.45) is 0 Å². The van der Waals surface area contributed by atoms with E-state index in [1.807, 2.05) is 24.4 Å². The fraction of sp³-hybridized carbons (Fsp3) is 0.238. The third-order valence-electron chi connectivity index (χ3n) is 5.02. The molecule has 0 spiro atoms. The second-order valence-corrected chi connectivity index (χ2v) is 10.1. The third-order valence-corrected chi connectivity index (χ3v) is 7.08. The van der Waals surface area contributed by atoms with Crippen molar-refractivity contribution in [1.29, 1.82) is 0 Å². The van der Waals surface area contributed by atoms with Gasteiger partial charge in [0.15, 0.2) is 15.0 Å². The zero-order valence-corrected chi connectivity index (χ0v) is 17.7. The van der Waals surface area contributed by atoms with E-state index in [2.05, 4.69) is 28.3 Å². The number of sulfone groups is 1. The molecule has 150 valence electrons. The molecule has 4 aromatic rings. The number of rotatable bonds is 6. The van der Waals surface area contributed by atoms with E-state index in [4.69, 9.17) is 0 Å². The van der Waals surface area contributed by atoms with Crippen molar-refractivity contribution in [3.05, 3.63) is 54.2 Å². The minimum absolute atomic E-state index is 0.0948. The van der Waals surface area contributed by atoms with Crippen molar-refractivity contribution in [3.63, 3.8) is 0 Å². The number of aromatic amines is 1. The Bertz CT molecular complexity index is 1310. The van der Waals surface area contributed by atoms with Gasteiger partial charge in [0.1, 0.15) is 0 Å². The topological polar surface area (TPSA) is 91.9 Å². The van der Waals surface area contributed by atoms with E-state index in [0.717, 1.165) is 27.6 Å². The lowest BCUT2D eigenvalue weighted by Gasteiger charge is -2.13. The molecule has 29 heavy (non-hydrogen) atoms. The summed E-state index contributed by atoms with van der Waals surface area (Å²) in [5.74, 6) is -0.0121. The van der Waals surface area contributed by atoms with Crippen molar-refractivity contribution in [3.8, 4) is 0 Å². The summed E-state index contributed by atoms with van der Waals surface area (Å²) >= 11 is 1.34. The van der Waals surface area contributed by atoms with Crippen LogP contribution in [-0.4, -0.2) is 30.5 Å². The smallest absolute Gasteiger partial charge is 0.226 e. The Labute approximate surface area is 172 Å². The van der Waals surface area contributed by atoms with Gasteiger partial charge in [-0.05, 0) is 42.2 Å². The quantitative estimate of drug-likeness (QED) is 0.466. The Morgan fingerprint density at radius 3 is 2.79 bits per heavy atom. The van der Waals surface area contributed by atoms with Gasteiger partial charge in [0.25, 0.3) is 0 Å². The van der Waals surface area contributed by atoms with Crippen LogP contribution in [0.3, 0.4) is 0 Å². The average molecular weight is 428 g/mol. The molecule has 1 unspecified atom stereocenters. The summed E-state index contributed by atoms with van der Waals surface area (Å²) in [5.41, 5.74) is 2.77. The number of nitrogens with one attached hydrogen (secondary N) is 2. The predicted molar refractivity (Wildman–Crippen MR) is 117 cm³/mol. The van der Waals surface area contributed by atoms with Gasteiger partial charge in [-0.2, -0.15) is 0 Å². The maximum Gasteiger partial charge on any atom is 0.226 e. The van der Waals surface area contributed by atoms with Crippen LogP contribution < -0.4 is 5.32 Å². The Kier molecular flexibility index (Phi) is 5.14. The summed E-state index contributed by atoms with van der Waals surface area (Å²) in [6.45, 7) is 2.07. The van der Waals surface area contributed by atoms with Crippen LogP contribution in [0.5, 0.6) is 0 Å². The number of thiazole rings is 1. The van der Waals surface area contributed by atoms with Gasteiger partial charge >= 0.3 is 0 Å². The van der Waals surface area contributed by atoms with Gasteiger partial charge in [-0.3, -0.25) is 4.79 Å². The monoisotopic (exact) mass is 427 g/mol. The number of H-pyrrole nitrogens is 1. The fourth-order valence-electron chi connectivity index (χ4n) is 3.49. The molecule has 0 aliphatic heterocycles. The number of carbonyl (C=O) groups is 1. The first-order valence-electron chi connectivity index (χ1n) is 9.31. The van der Waals surface area contributed by atoms with Crippen LogP contribution in [0.1, 0.15) is 31.2 Å². The first-order valence-corrected chi connectivity index (χ1v) is 12.0. The average Bonchev–Trinajstić information content (AvgIpc) is 3.28. The number of amides is 1. The minimum atomic E-state index is -3.30. The van der Waals surface area contributed by atoms with E-state index in [1.54, 1.807) is 12.1 Å². The van der Waals surface area contributed by atoms with Crippen molar-refractivity contribution >= 4 is 53.3 Å². The molecule has 2 heterocycles. The maximum absolute atomic E-state index is 12.7. The number of para-hydroxylation sites is 1. The molecular formula is C21H21N3O3S2. The van der Waals surface area contributed by atoms with Gasteiger partial charge in [-0.15, -0.1) is 0 Å². The van der Waals surface area contributed by atoms with E-state index in [-0.39, 0.29) is 16.7 Å². The summed E-state index contributed by atoms with van der Waals surface area (Å²) in [6, 6.07) is 12.9. The van der Waals surface area contributed by atoms with E-state index in [9.17, 15) is 13.2 Å². The maximum atomic E-state index is 12.7. The summed E-state index contributed by atoms with van der Waals surface area (Å²) in [5, 5.41) is 4.49. The minimum Gasteiger partial charge on any atom is -0.361 e. The highest BCUT2D eigenvalue weighted by Gasteiger charge is 2.19. The molecule has 0 fully saturated rings. The second kappa shape index (κ2) is 7.61. The summed E-state index contributed by atoms with van der Waals surface area (Å²) in [4.78, 5) is 20.5. The largest absolute Gasteiger partial charge is 0.361 e. The zero-order valence-electron chi connectivity index (χ0n) is 16.1. The molecule has 1 amide bonds. The van der Waals surface area contributed by atoms with Gasteiger partial charge in [0, 0.05) is 29.8 Å². The Morgan fingerprint density at radius 2 is 2.03 bits per heavy atom. The van der Waals surface area contributed by atoms with Crippen LogP contribution in [0.4, 0.5) is 5.13 Å². The van der Waals surface area contributed by atoms with Crippen molar-refractivity contribution in [1.82, 2.24) is 9.97 Å². The third kappa shape index (κ3) is 4.04. The second-order valence-electron chi connectivity index (χ2n) is 7.07. The summed E-state index contributed by atoms with van der Waals surface area (Å²) < 4.78 is 24.3. The number of hydrogen-bond donors (Lipinski definition) is 2. The molecule has 0 saturated heterocycles. The van der Waals surface area contributed by atoms with Crippen LogP contribution in [0, 0.1) is 0 Å². The van der Waals surface area contributed by atoms with Gasteiger partial charge < -0.3 is 10.3 Å². The first-order chi connectivity index (χ1) is 13.8. The molecule has 4 rings (SSSR count). The highest BCUT2D eigenvalue weighted by atomic mass is 32.2. The number of fused-ring (bicyclic) bond motifs is 2. The molecule has 1 atom stereocenters. The highest BCUT2D eigenvalue weighted by molar-refractivity contribution is 7.90. The van der Waals surface area contributed by atoms with Gasteiger partial charge in [-0.25, -0.2) is 13.4 Å². The summed E-state index contributed by atoms with van der Waals surface area (Å²) in [7, 11) is -3.30. The van der Waals surface area contributed by atoms with Crippen LogP contribution in [-0.2, 0) is 14.6 Å². The van der Waals surface area contributed by atoms with Crippen LogP contribution in [0.15, 0.2) is 53.6 Å². The number of aromatic nitrogens is 2. The molecule has 0 saturated carbocycles. The van der Waals surface area contributed by atoms with E-state index in [1.165, 1.54) is 23.7 Å². The molecule has 2 N–H and O–H groups in total.